The van der Waals surface area contributed by atoms with Crippen LogP contribution in [-0.4, -0.2) is 17.1 Å². The number of ether oxygens (including phenoxy) is 1. The van der Waals surface area contributed by atoms with E-state index in [1.807, 2.05) is 0 Å². The average Bonchev–Trinajstić information content (AvgIpc) is 2.28. The zero-order valence-corrected chi connectivity index (χ0v) is 10.2. The molecule has 0 aliphatic heterocycles. The first-order valence-electron chi connectivity index (χ1n) is 5.61. The minimum atomic E-state index is -0.486. The van der Waals surface area contributed by atoms with Crippen molar-refractivity contribution in [3.8, 4) is 0 Å². The van der Waals surface area contributed by atoms with Crippen LogP contribution in [0, 0.1) is 0 Å². The predicted molar refractivity (Wildman–Crippen MR) is 69.5 cm³/mol. The van der Waals surface area contributed by atoms with E-state index in [0.717, 1.165) is 0 Å². The standard InChI is InChI=1S/C13H14N2O3/c1-7(2)18-13(17)12-8-3-6-11(16)15-10(8)5-4-9(12)14/h3-7H,14H2,1-2H3,(H,15,16). The van der Waals surface area contributed by atoms with Gasteiger partial charge in [0, 0.05) is 22.7 Å². The van der Waals surface area contributed by atoms with E-state index in [9.17, 15) is 9.59 Å². The molecule has 94 valence electrons. The second kappa shape index (κ2) is 4.52. The SMILES string of the molecule is CC(C)OC(=O)c1c(N)ccc2[nH]c(=O)ccc12. The lowest BCUT2D eigenvalue weighted by molar-refractivity contribution is 0.0381. The van der Waals surface area contributed by atoms with Crippen molar-refractivity contribution in [1.29, 1.82) is 0 Å². The fourth-order valence-corrected chi connectivity index (χ4v) is 1.75. The maximum Gasteiger partial charge on any atom is 0.341 e. The molecule has 5 nitrogen and oxygen atoms in total. The molecule has 0 aliphatic rings. The number of nitrogen functional groups attached to an aromatic ring is 1. The highest BCUT2D eigenvalue weighted by Crippen LogP contribution is 2.23. The Morgan fingerprint density at radius 3 is 2.67 bits per heavy atom. The van der Waals surface area contributed by atoms with E-state index in [2.05, 4.69) is 4.98 Å². The minimum absolute atomic E-state index is 0.226. The van der Waals surface area contributed by atoms with Crippen molar-refractivity contribution in [2.45, 2.75) is 20.0 Å². The summed E-state index contributed by atoms with van der Waals surface area (Å²) in [5, 5.41) is 0.584. The Balaban J connectivity index is 2.64. The number of benzene rings is 1. The number of hydrogen-bond donors (Lipinski definition) is 2. The van der Waals surface area contributed by atoms with Gasteiger partial charge in [-0.2, -0.15) is 0 Å². The van der Waals surface area contributed by atoms with Crippen LogP contribution in [0.5, 0.6) is 0 Å². The van der Waals surface area contributed by atoms with Crippen molar-refractivity contribution in [2.24, 2.45) is 0 Å². The maximum absolute atomic E-state index is 12.0. The van der Waals surface area contributed by atoms with Crippen molar-refractivity contribution >= 4 is 22.6 Å². The predicted octanol–water partition coefficient (Wildman–Crippen LogP) is 1.68. The van der Waals surface area contributed by atoms with Gasteiger partial charge in [-0.1, -0.05) is 0 Å². The van der Waals surface area contributed by atoms with Gasteiger partial charge < -0.3 is 15.5 Å². The Bertz CT molecular complexity index is 659. The molecule has 0 aliphatic carbocycles. The normalized spacial score (nSPS) is 10.8. The summed E-state index contributed by atoms with van der Waals surface area (Å²) in [6, 6.07) is 6.17. The summed E-state index contributed by atoms with van der Waals surface area (Å²) in [5.41, 5.74) is 6.77. The fraction of sp³-hybridized carbons (Fsp3) is 0.231. The van der Waals surface area contributed by atoms with Crippen molar-refractivity contribution in [3.05, 3.63) is 40.2 Å². The molecule has 1 heterocycles. The molecular formula is C13H14N2O3. The first kappa shape index (κ1) is 12.2. The zero-order valence-electron chi connectivity index (χ0n) is 10.2. The van der Waals surface area contributed by atoms with Gasteiger partial charge >= 0.3 is 5.97 Å². The van der Waals surface area contributed by atoms with Crippen LogP contribution in [0.25, 0.3) is 10.9 Å². The van der Waals surface area contributed by atoms with Gasteiger partial charge in [0.1, 0.15) is 0 Å². The lowest BCUT2D eigenvalue weighted by Gasteiger charge is -2.11. The molecule has 2 rings (SSSR count). The third kappa shape index (κ3) is 2.20. The molecule has 1 aromatic heterocycles. The second-order valence-electron chi connectivity index (χ2n) is 4.27. The monoisotopic (exact) mass is 246 g/mol. The Kier molecular flexibility index (Phi) is 3.06. The molecule has 2 aromatic rings. The third-order valence-electron chi connectivity index (χ3n) is 2.48. The molecular weight excluding hydrogens is 232 g/mol. The smallest absolute Gasteiger partial charge is 0.341 e. The summed E-state index contributed by atoms with van der Waals surface area (Å²) in [7, 11) is 0. The Hall–Kier alpha value is -2.30. The van der Waals surface area contributed by atoms with Gasteiger partial charge in [0.2, 0.25) is 5.56 Å². The highest BCUT2D eigenvalue weighted by molar-refractivity contribution is 6.08. The Morgan fingerprint density at radius 1 is 1.28 bits per heavy atom. The average molecular weight is 246 g/mol. The van der Waals surface area contributed by atoms with E-state index in [-0.39, 0.29) is 17.2 Å². The molecule has 3 N–H and O–H groups in total. The first-order chi connectivity index (χ1) is 8.49. The number of hydrogen-bond acceptors (Lipinski definition) is 4. The number of fused-ring (bicyclic) bond motifs is 1. The van der Waals surface area contributed by atoms with Crippen molar-refractivity contribution in [3.63, 3.8) is 0 Å². The number of esters is 1. The number of aromatic amines is 1. The number of carbonyl (C=O) groups excluding carboxylic acids is 1. The van der Waals surface area contributed by atoms with Crippen molar-refractivity contribution in [1.82, 2.24) is 4.98 Å². The number of carbonyl (C=O) groups is 1. The number of nitrogens with one attached hydrogen (secondary N) is 1. The molecule has 0 spiro atoms. The number of anilines is 1. The summed E-state index contributed by atoms with van der Waals surface area (Å²) < 4.78 is 5.14. The first-order valence-corrected chi connectivity index (χ1v) is 5.61. The summed E-state index contributed by atoms with van der Waals surface area (Å²) in [6.07, 6.45) is -0.227. The third-order valence-corrected chi connectivity index (χ3v) is 2.48. The summed E-state index contributed by atoms with van der Waals surface area (Å²) >= 11 is 0. The van der Waals surface area contributed by atoms with Crippen LogP contribution in [0.4, 0.5) is 5.69 Å². The van der Waals surface area contributed by atoms with Gasteiger partial charge in [-0.15, -0.1) is 0 Å². The van der Waals surface area contributed by atoms with Crippen LogP contribution in [0.3, 0.4) is 0 Å². The molecule has 0 radical (unpaired) electrons. The molecule has 0 saturated carbocycles. The summed E-state index contributed by atoms with van der Waals surface area (Å²) in [6.45, 7) is 3.53. The number of rotatable bonds is 2. The number of nitrogens with two attached hydrogens (primary N) is 1. The Morgan fingerprint density at radius 2 is 2.00 bits per heavy atom. The van der Waals surface area contributed by atoms with Crippen LogP contribution in [0.2, 0.25) is 0 Å². The molecule has 5 heteroatoms. The van der Waals surface area contributed by atoms with E-state index in [4.69, 9.17) is 10.5 Å². The zero-order chi connectivity index (χ0) is 13.3. The van der Waals surface area contributed by atoms with Gasteiger partial charge in [0.15, 0.2) is 0 Å². The molecule has 0 saturated heterocycles. The van der Waals surface area contributed by atoms with Gasteiger partial charge in [-0.05, 0) is 32.0 Å². The van der Waals surface area contributed by atoms with E-state index < -0.39 is 5.97 Å². The van der Waals surface area contributed by atoms with Gasteiger partial charge in [-0.3, -0.25) is 4.79 Å². The number of aromatic nitrogens is 1. The lowest BCUT2D eigenvalue weighted by Crippen LogP contribution is -2.15. The quantitative estimate of drug-likeness (QED) is 0.623. The number of H-pyrrole nitrogens is 1. The van der Waals surface area contributed by atoms with Crippen LogP contribution in [0.15, 0.2) is 29.1 Å². The highest BCUT2D eigenvalue weighted by atomic mass is 16.5. The van der Waals surface area contributed by atoms with Crippen LogP contribution >= 0.6 is 0 Å². The largest absolute Gasteiger partial charge is 0.459 e. The topological polar surface area (TPSA) is 85.2 Å². The molecule has 0 atom stereocenters. The Labute approximate surface area is 104 Å². The second-order valence-corrected chi connectivity index (χ2v) is 4.27. The molecule has 0 unspecified atom stereocenters. The molecule has 0 fully saturated rings. The van der Waals surface area contributed by atoms with Crippen LogP contribution in [0.1, 0.15) is 24.2 Å². The highest BCUT2D eigenvalue weighted by Gasteiger charge is 2.16. The maximum atomic E-state index is 12.0. The van der Waals surface area contributed by atoms with E-state index in [1.165, 1.54) is 6.07 Å². The van der Waals surface area contributed by atoms with Crippen LogP contribution < -0.4 is 11.3 Å². The van der Waals surface area contributed by atoms with Gasteiger partial charge in [-0.25, -0.2) is 4.79 Å². The van der Waals surface area contributed by atoms with Crippen molar-refractivity contribution in [2.75, 3.05) is 5.73 Å². The van der Waals surface area contributed by atoms with Crippen LogP contribution in [-0.2, 0) is 4.74 Å². The lowest BCUT2D eigenvalue weighted by atomic mass is 10.1. The molecule has 18 heavy (non-hydrogen) atoms. The minimum Gasteiger partial charge on any atom is -0.459 e. The molecule has 0 amide bonds. The summed E-state index contributed by atoms with van der Waals surface area (Å²) in [5.74, 6) is -0.486. The van der Waals surface area contributed by atoms with Gasteiger partial charge in [0.05, 0.1) is 11.7 Å². The van der Waals surface area contributed by atoms with Gasteiger partial charge in [0.25, 0.3) is 0 Å². The van der Waals surface area contributed by atoms with E-state index in [0.29, 0.717) is 16.6 Å². The molecule has 1 aromatic carbocycles. The molecule has 0 bridgehead atoms. The van der Waals surface area contributed by atoms with Crippen molar-refractivity contribution < 1.29 is 9.53 Å². The van der Waals surface area contributed by atoms with E-state index in [1.54, 1.807) is 32.0 Å². The van der Waals surface area contributed by atoms with E-state index >= 15 is 0 Å². The number of pyridine rings is 1. The fourth-order valence-electron chi connectivity index (χ4n) is 1.75. The summed E-state index contributed by atoms with van der Waals surface area (Å²) in [4.78, 5) is 25.9.